The number of hydrogen-bond donors (Lipinski definition) is 1. The first-order valence-corrected chi connectivity index (χ1v) is 7.34. The van der Waals surface area contributed by atoms with Crippen LogP contribution < -0.4 is 14.9 Å². The summed E-state index contributed by atoms with van der Waals surface area (Å²) in [5.74, 6) is 0.561. The molecule has 130 valence electrons. The van der Waals surface area contributed by atoms with Crippen LogP contribution in [0.15, 0.2) is 47.6 Å². The third kappa shape index (κ3) is 5.03. The van der Waals surface area contributed by atoms with Crippen LogP contribution in [0.4, 0.5) is 5.69 Å². The van der Waals surface area contributed by atoms with Gasteiger partial charge in [0.25, 0.3) is 11.6 Å². The molecule has 2 rings (SSSR count). The van der Waals surface area contributed by atoms with Gasteiger partial charge in [0.05, 0.1) is 18.2 Å². The smallest absolute Gasteiger partial charge is 0.277 e. The molecule has 0 aliphatic carbocycles. The van der Waals surface area contributed by atoms with Gasteiger partial charge in [0.2, 0.25) is 0 Å². The van der Waals surface area contributed by atoms with Gasteiger partial charge in [-0.25, -0.2) is 5.43 Å². The highest BCUT2D eigenvalue weighted by Crippen LogP contribution is 2.22. The Bertz CT molecular complexity index is 805. The number of nitrogens with one attached hydrogen (secondary N) is 1. The van der Waals surface area contributed by atoms with Crippen molar-refractivity contribution in [3.63, 3.8) is 0 Å². The Morgan fingerprint density at radius 2 is 2.04 bits per heavy atom. The van der Waals surface area contributed by atoms with E-state index in [0.717, 1.165) is 5.56 Å². The summed E-state index contributed by atoms with van der Waals surface area (Å²) in [6.07, 6.45) is 1.28. The fourth-order valence-electron chi connectivity index (χ4n) is 2.00. The largest absolute Gasteiger partial charge is 0.496 e. The fraction of sp³-hybridized carbons (Fsp3) is 0.176. The first kappa shape index (κ1) is 17.9. The Hall–Kier alpha value is -3.42. The van der Waals surface area contributed by atoms with Crippen molar-refractivity contribution in [2.45, 2.75) is 6.92 Å². The first-order valence-electron chi connectivity index (χ1n) is 7.34. The zero-order valence-electron chi connectivity index (χ0n) is 13.8. The van der Waals surface area contributed by atoms with Gasteiger partial charge in [0.1, 0.15) is 11.5 Å². The normalized spacial score (nSPS) is 10.5. The molecule has 2 aromatic carbocycles. The molecule has 0 atom stereocenters. The fourth-order valence-corrected chi connectivity index (χ4v) is 2.00. The number of hydrazone groups is 1. The van der Waals surface area contributed by atoms with E-state index in [4.69, 9.17) is 9.47 Å². The number of carbonyl (C=O) groups is 1. The maximum atomic E-state index is 11.8. The number of methoxy groups -OCH3 is 1. The molecule has 0 heterocycles. The van der Waals surface area contributed by atoms with E-state index in [1.54, 1.807) is 6.07 Å². The van der Waals surface area contributed by atoms with Gasteiger partial charge >= 0.3 is 0 Å². The van der Waals surface area contributed by atoms with Crippen molar-refractivity contribution >= 4 is 17.8 Å². The molecule has 0 bridgehead atoms. The molecule has 0 aliphatic rings. The minimum absolute atomic E-state index is 0.100. The summed E-state index contributed by atoms with van der Waals surface area (Å²) in [7, 11) is 1.44. The zero-order chi connectivity index (χ0) is 18.2. The lowest BCUT2D eigenvalue weighted by Gasteiger charge is -2.07. The number of ether oxygens (including phenoxy) is 2. The molecule has 0 saturated carbocycles. The van der Waals surface area contributed by atoms with Crippen LogP contribution in [0.1, 0.15) is 11.1 Å². The number of para-hydroxylation sites is 1. The highest BCUT2D eigenvalue weighted by molar-refractivity contribution is 5.86. The molecule has 0 aromatic heterocycles. The highest BCUT2D eigenvalue weighted by Gasteiger charge is 2.10. The molecular formula is C17H17N3O5. The van der Waals surface area contributed by atoms with Gasteiger partial charge in [-0.1, -0.05) is 18.2 Å². The predicted molar refractivity (Wildman–Crippen MR) is 92.1 cm³/mol. The van der Waals surface area contributed by atoms with E-state index in [1.165, 1.54) is 31.5 Å². The second-order valence-electron chi connectivity index (χ2n) is 5.03. The monoisotopic (exact) mass is 343 g/mol. The molecule has 1 amide bonds. The Kier molecular flexibility index (Phi) is 6.05. The van der Waals surface area contributed by atoms with Gasteiger partial charge in [0, 0.05) is 17.7 Å². The zero-order valence-corrected chi connectivity index (χ0v) is 13.8. The summed E-state index contributed by atoms with van der Waals surface area (Å²) in [4.78, 5) is 22.1. The van der Waals surface area contributed by atoms with Gasteiger partial charge in [-0.05, 0) is 24.6 Å². The Morgan fingerprint density at radius 3 is 2.72 bits per heavy atom. The van der Waals surface area contributed by atoms with Crippen LogP contribution in [0.5, 0.6) is 11.5 Å². The van der Waals surface area contributed by atoms with Crippen molar-refractivity contribution in [2.75, 3.05) is 13.7 Å². The number of amides is 1. The average molecular weight is 343 g/mol. The molecular weight excluding hydrogens is 326 g/mol. The summed E-state index contributed by atoms with van der Waals surface area (Å²) in [6.45, 7) is 1.67. The summed E-state index contributed by atoms with van der Waals surface area (Å²) < 4.78 is 10.5. The summed E-state index contributed by atoms with van der Waals surface area (Å²) in [6, 6.07) is 11.4. The number of carbonyl (C=O) groups excluding carboxylic acids is 1. The first-order chi connectivity index (χ1) is 12.0. The maximum Gasteiger partial charge on any atom is 0.277 e. The molecule has 0 aliphatic heterocycles. The second kappa shape index (κ2) is 8.44. The lowest BCUT2D eigenvalue weighted by Crippen LogP contribution is -2.24. The third-order valence-corrected chi connectivity index (χ3v) is 3.27. The van der Waals surface area contributed by atoms with Crippen LogP contribution in [-0.4, -0.2) is 30.8 Å². The SMILES string of the molecule is COc1ccc([N+](=O)[O-])cc1C=NNC(=O)COc1ccccc1C. The Balaban J connectivity index is 1.96. The van der Waals surface area contributed by atoms with Crippen LogP contribution in [0.25, 0.3) is 0 Å². The van der Waals surface area contributed by atoms with Gasteiger partial charge < -0.3 is 9.47 Å². The second-order valence-corrected chi connectivity index (χ2v) is 5.03. The molecule has 0 spiro atoms. The number of non-ortho nitro benzene ring substituents is 1. The molecule has 0 fully saturated rings. The summed E-state index contributed by atoms with van der Waals surface area (Å²) >= 11 is 0. The number of hydrogen-bond acceptors (Lipinski definition) is 6. The van der Waals surface area contributed by atoms with Crippen molar-refractivity contribution in [1.29, 1.82) is 0 Å². The topological polar surface area (TPSA) is 103 Å². The van der Waals surface area contributed by atoms with E-state index in [1.807, 2.05) is 25.1 Å². The molecule has 1 N–H and O–H groups in total. The molecule has 8 heteroatoms. The van der Waals surface area contributed by atoms with E-state index in [9.17, 15) is 14.9 Å². The van der Waals surface area contributed by atoms with Gasteiger partial charge in [0.15, 0.2) is 6.61 Å². The molecule has 2 aromatic rings. The maximum absolute atomic E-state index is 11.8. The average Bonchev–Trinajstić information content (AvgIpc) is 2.61. The van der Waals surface area contributed by atoms with Crippen LogP contribution in [0.3, 0.4) is 0 Å². The van der Waals surface area contributed by atoms with E-state index >= 15 is 0 Å². The number of nitrogens with zero attached hydrogens (tertiary/aromatic N) is 2. The van der Waals surface area contributed by atoms with Crippen LogP contribution in [-0.2, 0) is 4.79 Å². The van der Waals surface area contributed by atoms with Crippen LogP contribution in [0, 0.1) is 17.0 Å². The number of aryl methyl sites for hydroxylation is 1. The summed E-state index contributed by atoms with van der Waals surface area (Å²) in [5.41, 5.74) is 3.49. The standard InChI is InChI=1S/C17H17N3O5/c1-12-5-3-4-6-15(12)25-11-17(21)19-18-10-13-9-14(20(22)23)7-8-16(13)24-2/h3-10H,11H2,1-2H3,(H,19,21). The number of nitro benzene ring substituents is 1. The molecule has 25 heavy (non-hydrogen) atoms. The van der Waals surface area contributed by atoms with Gasteiger partial charge in [-0.3, -0.25) is 14.9 Å². The van der Waals surface area contributed by atoms with Crippen molar-refractivity contribution in [1.82, 2.24) is 5.43 Å². The lowest BCUT2D eigenvalue weighted by atomic mass is 10.2. The number of benzene rings is 2. The van der Waals surface area contributed by atoms with Crippen molar-refractivity contribution in [3.05, 3.63) is 63.7 Å². The van der Waals surface area contributed by atoms with Crippen molar-refractivity contribution in [2.24, 2.45) is 5.10 Å². The Morgan fingerprint density at radius 1 is 1.28 bits per heavy atom. The molecule has 0 saturated heterocycles. The number of rotatable bonds is 7. The van der Waals surface area contributed by atoms with Crippen molar-refractivity contribution in [3.8, 4) is 11.5 Å². The van der Waals surface area contributed by atoms with E-state index < -0.39 is 10.8 Å². The molecule has 0 radical (unpaired) electrons. The number of nitro groups is 1. The van der Waals surface area contributed by atoms with Gasteiger partial charge in [-0.2, -0.15) is 5.10 Å². The minimum Gasteiger partial charge on any atom is -0.496 e. The lowest BCUT2D eigenvalue weighted by molar-refractivity contribution is -0.384. The van der Waals surface area contributed by atoms with E-state index in [0.29, 0.717) is 17.1 Å². The highest BCUT2D eigenvalue weighted by atomic mass is 16.6. The molecule has 8 nitrogen and oxygen atoms in total. The van der Waals surface area contributed by atoms with Crippen LogP contribution >= 0.6 is 0 Å². The quantitative estimate of drug-likeness (QED) is 0.472. The Labute approximate surface area is 144 Å². The molecule has 0 unspecified atom stereocenters. The third-order valence-electron chi connectivity index (χ3n) is 3.27. The summed E-state index contributed by atoms with van der Waals surface area (Å²) in [5, 5.41) is 14.6. The van der Waals surface area contributed by atoms with E-state index in [-0.39, 0.29) is 12.3 Å². The van der Waals surface area contributed by atoms with Crippen LogP contribution in [0.2, 0.25) is 0 Å². The predicted octanol–water partition coefficient (Wildman–Crippen LogP) is 2.44. The van der Waals surface area contributed by atoms with Gasteiger partial charge in [-0.15, -0.1) is 0 Å². The van der Waals surface area contributed by atoms with Crippen molar-refractivity contribution < 1.29 is 19.2 Å². The van der Waals surface area contributed by atoms with E-state index in [2.05, 4.69) is 10.5 Å². The minimum atomic E-state index is -0.522.